The van der Waals surface area contributed by atoms with Crippen molar-refractivity contribution in [1.82, 2.24) is 10.0 Å². The molecule has 1 atom stereocenters. The van der Waals surface area contributed by atoms with E-state index >= 15 is 0 Å². The minimum Gasteiger partial charge on any atom is -0.460 e. The standard InChI is InChI=1S/C22H26N2O5S/c1-3-4-14-29-21(25)16-23-22(26)20(15-18-8-6-5-7-9-18)24-30(27,28)19-12-10-17(2)11-13-19/h3-13,20,24H,14-16H2,1-2H3,(H,23,26)/b4-3+. The Balaban J connectivity index is 2.12. The maximum absolute atomic E-state index is 12.8. The lowest BCUT2D eigenvalue weighted by Crippen LogP contribution is -2.49. The summed E-state index contributed by atoms with van der Waals surface area (Å²) in [4.78, 5) is 24.5. The minimum absolute atomic E-state index is 0.0599. The molecule has 0 fully saturated rings. The summed E-state index contributed by atoms with van der Waals surface area (Å²) in [5, 5.41) is 2.45. The lowest BCUT2D eigenvalue weighted by atomic mass is 10.1. The number of carbonyl (C=O) groups excluding carboxylic acids is 2. The van der Waals surface area contributed by atoms with Gasteiger partial charge in [0.2, 0.25) is 15.9 Å². The number of sulfonamides is 1. The highest BCUT2D eigenvalue weighted by atomic mass is 32.2. The van der Waals surface area contributed by atoms with Gasteiger partial charge in [-0.05, 0) is 38.0 Å². The average Bonchev–Trinajstić information content (AvgIpc) is 2.72. The van der Waals surface area contributed by atoms with Crippen LogP contribution in [0.25, 0.3) is 0 Å². The molecule has 0 bridgehead atoms. The molecule has 0 aliphatic rings. The Morgan fingerprint density at radius 2 is 1.73 bits per heavy atom. The summed E-state index contributed by atoms with van der Waals surface area (Å²) in [6.07, 6.45) is 3.53. The molecule has 1 unspecified atom stereocenters. The SMILES string of the molecule is C/C=C/COC(=O)CNC(=O)C(Cc1ccccc1)NS(=O)(=O)c1ccc(C)cc1. The zero-order valence-corrected chi connectivity index (χ0v) is 17.8. The van der Waals surface area contributed by atoms with Crippen molar-refractivity contribution in [3.8, 4) is 0 Å². The van der Waals surface area contributed by atoms with Crippen LogP contribution in [0.4, 0.5) is 0 Å². The molecule has 0 aliphatic heterocycles. The van der Waals surface area contributed by atoms with E-state index in [1.54, 1.807) is 55.5 Å². The Hall–Kier alpha value is -2.97. The van der Waals surface area contributed by atoms with Crippen LogP contribution >= 0.6 is 0 Å². The van der Waals surface area contributed by atoms with E-state index in [0.717, 1.165) is 11.1 Å². The number of esters is 1. The second-order valence-electron chi connectivity index (χ2n) is 6.65. The molecule has 0 radical (unpaired) electrons. The minimum atomic E-state index is -3.93. The van der Waals surface area contributed by atoms with Crippen molar-refractivity contribution in [2.24, 2.45) is 0 Å². The number of carbonyl (C=O) groups is 2. The summed E-state index contributed by atoms with van der Waals surface area (Å²) in [6.45, 7) is 3.40. The van der Waals surface area contributed by atoms with Crippen LogP contribution in [0.15, 0.2) is 71.6 Å². The molecule has 2 N–H and O–H groups in total. The van der Waals surface area contributed by atoms with Gasteiger partial charge in [-0.3, -0.25) is 9.59 Å². The van der Waals surface area contributed by atoms with Gasteiger partial charge in [0.1, 0.15) is 19.2 Å². The molecule has 0 spiro atoms. The van der Waals surface area contributed by atoms with Gasteiger partial charge < -0.3 is 10.1 Å². The number of aryl methyl sites for hydroxylation is 1. The van der Waals surface area contributed by atoms with Gasteiger partial charge in [0.15, 0.2) is 0 Å². The number of rotatable bonds is 10. The second kappa shape index (κ2) is 11.3. The Morgan fingerprint density at radius 1 is 1.07 bits per heavy atom. The van der Waals surface area contributed by atoms with E-state index in [2.05, 4.69) is 10.0 Å². The number of allylic oxidation sites excluding steroid dienone is 1. The number of amides is 1. The molecule has 0 heterocycles. The van der Waals surface area contributed by atoms with Crippen molar-refractivity contribution in [1.29, 1.82) is 0 Å². The lowest BCUT2D eigenvalue weighted by Gasteiger charge is -2.18. The molecule has 30 heavy (non-hydrogen) atoms. The Morgan fingerprint density at radius 3 is 2.37 bits per heavy atom. The molecule has 160 valence electrons. The molecule has 0 saturated heterocycles. The molecule has 1 amide bonds. The van der Waals surface area contributed by atoms with Crippen molar-refractivity contribution in [2.75, 3.05) is 13.2 Å². The van der Waals surface area contributed by atoms with Crippen molar-refractivity contribution in [3.63, 3.8) is 0 Å². The van der Waals surface area contributed by atoms with Gasteiger partial charge in [-0.25, -0.2) is 8.42 Å². The molecule has 8 heteroatoms. The maximum Gasteiger partial charge on any atom is 0.325 e. The van der Waals surface area contributed by atoms with E-state index in [4.69, 9.17) is 4.74 Å². The van der Waals surface area contributed by atoms with Crippen LogP contribution < -0.4 is 10.0 Å². The van der Waals surface area contributed by atoms with Gasteiger partial charge in [-0.15, -0.1) is 0 Å². The Kier molecular flexibility index (Phi) is 8.76. The van der Waals surface area contributed by atoms with E-state index in [9.17, 15) is 18.0 Å². The summed E-state index contributed by atoms with van der Waals surface area (Å²) in [6, 6.07) is 14.3. The fourth-order valence-corrected chi connectivity index (χ4v) is 3.78. The van der Waals surface area contributed by atoms with Crippen molar-refractivity contribution in [3.05, 3.63) is 77.9 Å². The first kappa shape index (κ1) is 23.3. The summed E-state index contributed by atoms with van der Waals surface area (Å²) < 4.78 is 32.9. The lowest BCUT2D eigenvalue weighted by molar-refractivity contribution is -0.142. The van der Waals surface area contributed by atoms with Gasteiger partial charge in [0.25, 0.3) is 0 Å². The maximum atomic E-state index is 12.8. The molecule has 0 aliphatic carbocycles. The van der Waals surface area contributed by atoms with E-state index in [-0.39, 0.29) is 24.5 Å². The number of hydrogen-bond acceptors (Lipinski definition) is 5. The first-order valence-corrected chi connectivity index (χ1v) is 11.0. The van der Waals surface area contributed by atoms with Crippen LogP contribution in [-0.4, -0.2) is 39.5 Å². The fourth-order valence-electron chi connectivity index (χ4n) is 2.58. The number of ether oxygens (including phenoxy) is 1. The molecule has 0 saturated carbocycles. The van der Waals surface area contributed by atoms with Gasteiger partial charge in [0.05, 0.1) is 4.90 Å². The third-order valence-corrected chi connectivity index (χ3v) is 5.70. The largest absolute Gasteiger partial charge is 0.460 e. The van der Waals surface area contributed by atoms with Crippen LogP contribution in [0.1, 0.15) is 18.1 Å². The molecule has 0 aromatic heterocycles. The molecule has 2 aromatic rings. The smallest absolute Gasteiger partial charge is 0.325 e. The summed E-state index contributed by atoms with van der Waals surface area (Å²) in [5.41, 5.74) is 1.70. The predicted molar refractivity (Wildman–Crippen MR) is 114 cm³/mol. The number of nitrogens with one attached hydrogen (secondary N) is 2. The zero-order valence-electron chi connectivity index (χ0n) is 17.0. The average molecular weight is 431 g/mol. The highest BCUT2D eigenvalue weighted by molar-refractivity contribution is 7.89. The Bertz CT molecular complexity index is 970. The summed E-state index contributed by atoms with van der Waals surface area (Å²) >= 11 is 0. The van der Waals surface area contributed by atoms with Crippen LogP contribution in [0.5, 0.6) is 0 Å². The number of hydrogen-bond donors (Lipinski definition) is 2. The second-order valence-corrected chi connectivity index (χ2v) is 8.36. The summed E-state index contributed by atoms with van der Waals surface area (Å²) in [5.74, 6) is -1.22. The normalized spacial score (nSPS) is 12.5. The highest BCUT2D eigenvalue weighted by Gasteiger charge is 2.26. The van der Waals surface area contributed by atoms with Gasteiger partial charge in [-0.1, -0.05) is 60.2 Å². The van der Waals surface area contributed by atoms with E-state index in [1.165, 1.54) is 12.1 Å². The van der Waals surface area contributed by atoms with Gasteiger partial charge >= 0.3 is 5.97 Å². The molecule has 2 aromatic carbocycles. The van der Waals surface area contributed by atoms with E-state index in [0.29, 0.717) is 0 Å². The van der Waals surface area contributed by atoms with Crippen LogP contribution in [-0.2, 0) is 30.8 Å². The molecule has 7 nitrogen and oxygen atoms in total. The predicted octanol–water partition coefficient (Wildman–Crippen LogP) is 2.12. The Labute approximate surface area is 177 Å². The molecular formula is C22H26N2O5S. The van der Waals surface area contributed by atoms with E-state index < -0.39 is 27.9 Å². The molecule has 2 rings (SSSR count). The van der Waals surface area contributed by atoms with Crippen molar-refractivity contribution in [2.45, 2.75) is 31.2 Å². The first-order valence-electron chi connectivity index (χ1n) is 9.49. The van der Waals surface area contributed by atoms with Crippen LogP contribution in [0, 0.1) is 6.92 Å². The van der Waals surface area contributed by atoms with Crippen molar-refractivity contribution >= 4 is 21.9 Å². The third kappa shape index (κ3) is 7.46. The van der Waals surface area contributed by atoms with E-state index in [1.807, 2.05) is 13.0 Å². The number of benzene rings is 2. The van der Waals surface area contributed by atoms with Crippen LogP contribution in [0.2, 0.25) is 0 Å². The topological polar surface area (TPSA) is 102 Å². The molecular weight excluding hydrogens is 404 g/mol. The first-order chi connectivity index (χ1) is 14.3. The summed E-state index contributed by atoms with van der Waals surface area (Å²) in [7, 11) is -3.93. The van der Waals surface area contributed by atoms with Gasteiger partial charge in [-0.2, -0.15) is 4.72 Å². The fraction of sp³-hybridized carbons (Fsp3) is 0.273. The van der Waals surface area contributed by atoms with Gasteiger partial charge in [0, 0.05) is 0 Å². The third-order valence-electron chi connectivity index (χ3n) is 4.21. The van der Waals surface area contributed by atoms with Crippen LogP contribution in [0.3, 0.4) is 0 Å². The quantitative estimate of drug-likeness (QED) is 0.444. The monoisotopic (exact) mass is 430 g/mol. The van der Waals surface area contributed by atoms with Crippen molar-refractivity contribution < 1.29 is 22.7 Å². The highest BCUT2D eigenvalue weighted by Crippen LogP contribution is 2.12. The zero-order chi connectivity index (χ0) is 22.0.